The van der Waals surface area contributed by atoms with E-state index >= 15 is 0 Å². The van der Waals surface area contributed by atoms with E-state index in [4.69, 9.17) is 8.83 Å². The highest BCUT2D eigenvalue weighted by molar-refractivity contribution is 9.10. The highest BCUT2D eigenvalue weighted by Crippen LogP contribution is 2.46. The number of para-hydroxylation sites is 7. The molecule has 0 saturated carbocycles. The van der Waals surface area contributed by atoms with Crippen molar-refractivity contribution in [2.75, 3.05) is 0 Å². The molecule has 18 rings (SSSR count). The molecule has 0 saturated heterocycles. The predicted molar refractivity (Wildman–Crippen MR) is 333 cm³/mol. The van der Waals surface area contributed by atoms with Crippen LogP contribution in [0.1, 0.15) is 11.1 Å². The van der Waals surface area contributed by atoms with Crippen molar-refractivity contribution in [1.82, 2.24) is 13.7 Å². The van der Waals surface area contributed by atoms with Crippen molar-refractivity contribution in [3.63, 3.8) is 0 Å². The standard InChI is InChI=1S/C36H22N2O.C25H17N.C12H7BrO/c1-2-10-23(11-3-1)37-31-16-8-5-14-29(31)35-32(37)21-20-28-25-12-4-7-15-30(25)38(36(28)35)24-18-19-27-26-13-6-9-17-33(26)39-34(27)22-24;1-2-9-18(10-3-1)26-23-13-7-6-12-21(23)25-22-16-17-8-4-5-11-19(17)20(22)14-15-24(25)26;13-8-5-6-10-9-3-1-2-4-11(9)14-12(10)7-8/h1-22H;1-15H,16H2;1-7H. The molecule has 1 aliphatic rings. The number of aromatic nitrogens is 3. The van der Waals surface area contributed by atoms with Crippen LogP contribution in [0.3, 0.4) is 0 Å². The van der Waals surface area contributed by atoms with Crippen LogP contribution in [0.2, 0.25) is 0 Å². The van der Waals surface area contributed by atoms with Gasteiger partial charge in [0, 0.05) is 81.5 Å². The summed E-state index contributed by atoms with van der Waals surface area (Å²) in [7, 11) is 0. The van der Waals surface area contributed by atoms with E-state index in [1.807, 2.05) is 42.5 Å². The van der Waals surface area contributed by atoms with Crippen LogP contribution in [0.15, 0.2) is 280 Å². The molecule has 0 amide bonds. The first-order valence-electron chi connectivity index (χ1n) is 26.8. The first-order chi connectivity index (χ1) is 39.1. The molecule has 372 valence electrons. The fourth-order valence-electron chi connectivity index (χ4n) is 12.7. The zero-order valence-corrected chi connectivity index (χ0v) is 44.2. The lowest BCUT2D eigenvalue weighted by Gasteiger charge is -2.10. The van der Waals surface area contributed by atoms with Crippen LogP contribution < -0.4 is 0 Å². The summed E-state index contributed by atoms with van der Waals surface area (Å²) in [6.45, 7) is 0. The summed E-state index contributed by atoms with van der Waals surface area (Å²) >= 11 is 3.43. The van der Waals surface area contributed by atoms with Crippen molar-refractivity contribution in [3.05, 3.63) is 283 Å². The van der Waals surface area contributed by atoms with Gasteiger partial charge in [-0.1, -0.05) is 180 Å². The summed E-state index contributed by atoms with van der Waals surface area (Å²) in [6.07, 6.45) is 1.02. The Balaban J connectivity index is 0.000000111. The number of halogens is 1. The maximum atomic E-state index is 6.32. The van der Waals surface area contributed by atoms with Gasteiger partial charge in [0.05, 0.1) is 33.1 Å². The Kier molecular flexibility index (Phi) is 10.4. The Labute approximate surface area is 462 Å². The topological polar surface area (TPSA) is 41.1 Å². The van der Waals surface area contributed by atoms with E-state index in [2.05, 4.69) is 254 Å². The van der Waals surface area contributed by atoms with Gasteiger partial charge < -0.3 is 22.5 Å². The molecule has 12 aromatic carbocycles. The molecule has 0 aliphatic heterocycles. The Morgan fingerprint density at radius 2 is 0.759 bits per heavy atom. The average molecular weight is 1080 g/mol. The number of furan rings is 2. The van der Waals surface area contributed by atoms with Crippen LogP contribution >= 0.6 is 15.9 Å². The maximum absolute atomic E-state index is 6.32. The van der Waals surface area contributed by atoms with Crippen molar-refractivity contribution in [2.45, 2.75) is 6.42 Å². The summed E-state index contributed by atoms with van der Waals surface area (Å²) < 4.78 is 20.3. The lowest BCUT2D eigenvalue weighted by atomic mass is 10.0. The van der Waals surface area contributed by atoms with E-state index in [1.54, 1.807) is 0 Å². The van der Waals surface area contributed by atoms with Crippen LogP contribution in [0, 0.1) is 0 Å². The zero-order valence-electron chi connectivity index (χ0n) is 42.6. The molecule has 0 N–H and O–H groups in total. The second-order valence-corrected chi connectivity index (χ2v) is 21.3. The van der Waals surface area contributed by atoms with Crippen molar-refractivity contribution in [1.29, 1.82) is 0 Å². The van der Waals surface area contributed by atoms with Crippen molar-refractivity contribution in [2.24, 2.45) is 0 Å². The third-order valence-electron chi connectivity index (χ3n) is 16.1. The molecule has 0 radical (unpaired) electrons. The summed E-state index contributed by atoms with van der Waals surface area (Å²) in [4.78, 5) is 0. The smallest absolute Gasteiger partial charge is 0.137 e. The highest BCUT2D eigenvalue weighted by atomic mass is 79.9. The minimum absolute atomic E-state index is 0.901. The van der Waals surface area contributed by atoms with Crippen LogP contribution in [0.4, 0.5) is 0 Å². The molecule has 0 atom stereocenters. The fraction of sp³-hybridized carbons (Fsp3) is 0.0137. The molecule has 6 heteroatoms. The molecule has 17 aromatic rings. The van der Waals surface area contributed by atoms with Gasteiger partial charge in [-0.2, -0.15) is 0 Å². The summed E-state index contributed by atoms with van der Waals surface area (Å²) in [5.74, 6) is 0. The molecule has 0 spiro atoms. The molecule has 5 nitrogen and oxygen atoms in total. The number of hydrogen-bond donors (Lipinski definition) is 0. The number of fused-ring (bicyclic) bond motifs is 20. The predicted octanol–water partition coefficient (Wildman–Crippen LogP) is 20.5. The summed E-state index contributed by atoms with van der Waals surface area (Å²) in [5.41, 5.74) is 20.2. The van der Waals surface area contributed by atoms with E-state index in [0.717, 1.165) is 55.4 Å². The van der Waals surface area contributed by atoms with Gasteiger partial charge in [0.2, 0.25) is 0 Å². The van der Waals surface area contributed by atoms with Crippen molar-refractivity contribution < 1.29 is 8.83 Å². The summed E-state index contributed by atoms with van der Waals surface area (Å²) in [6, 6.07) is 94.6. The SMILES string of the molecule is Brc1ccc2c(c1)oc1ccccc12.c1ccc(-n2c3ccccc3c3c2ccc2c4ccccc4n(-c4ccc5c(c4)oc4ccccc45)c23)cc1.c1ccc(-n2c3ccccc3c3c4c(ccc32)-c2ccccc2C4)cc1. The quantitative estimate of drug-likeness (QED) is 0.177. The molecule has 0 unspecified atom stereocenters. The zero-order chi connectivity index (χ0) is 52.1. The van der Waals surface area contributed by atoms with Gasteiger partial charge in [-0.05, 0) is 126 Å². The van der Waals surface area contributed by atoms with E-state index < -0.39 is 0 Å². The van der Waals surface area contributed by atoms with Crippen molar-refractivity contribution in [3.8, 4) is 28.2 Å². The Morgan fingerprint density at radius 1 is 0.291 bits per heavy atom. The number of benzene rings is 12. The van der Waals surface area contributed by atoms with Gasteiger partial charge in [0.15, 0.2) is 0 Å². The molecule has 5 aromatic heterocycles. The molecule has 79 heavy (non-hydrogen) atoms. The second kappa shape index (κ2) is 18.1. The van der Waals surface area contributed by atoms with Gasteiger partial charge in [-0.25, -0.2) is 0 Å². The Hall–Kier alpha value is -9.88. The van der Waals surface area contributed by atoms with Crippen molar-refractivity contribution >= 4 is 125 Å². The van der Waals surface area contributed by atoms with Crippen LogP contribution in [-0.4, -0.2) is 13.7 Å². The van der Waals surface area contributed by atoms with Gasteiger partial charge in [-0.15, -0.1) is 0 Å². The third kappa shape index (κ3) is 7.15. The lowest BCUT2D eigenvalue weighted by Crippen LogP contribution is -1.95. The van der Waals surface area contributed by atoms with E-state index in [0.29, 0.717) is 0 Å². The molecular formula is C73H46BrN3O2. The average Bonchev–Trinajstić information content (AvgIpc) is 4.54. The minimum Gasteiger partial charge on any atom is -0.456 e. The molecule has 0 fully saturated rings. The van der Waals surface area contributed by atoms with Crippen LogP contribution in [-0.2, 0) is 6.42 Å². The number of nitrogens with zero attached hydrogens (tertiary/aromatic N) is 3. The lowest BCUT2D eigenvalue weighted by molar-refractivity contribution is 0.668. The Bertz CT molecular complexity index is 5250. The van der Waals surface area contributed by atoms with Gasteiger partial charge in [0.1, 0.15) is 22.3 Å². The normalized spacial score (nSPS) is 12.1. The monoisotopic (exact) mass is 1080 g/mol. The van der Waals surface area contributed by atoms with E-state index in [-0.39, 0.29) is 0 Å². The minimum atomic E-state index is 0.901. The largest absolute Gasteiger partial charge is 0.456 e. The molecular weight excluding hydrogens is 1030 g/mol. The summed E-state index contributed by atoms with van der Waals surface area (Å²) in [5, 5.41) is 12.4. The van der Waals surface area contributed by atoms with Crippen LogP contribution in [0.25, 0.3) is 137 Å². The molecule has 1 aliphatic carbocycles. The van der Waals surface area contributed by atoms with Crippen LogP contribution in [0.5, 0.6) is 0 Å². The molecule has 5 heterocycles. The second-order valence-electron chi connectivity index (χ2n) is 20.4. The Morgan fingerprint density at radius 3 is 1.42 bits per heavy atom. The molecule has 0 bridgehead atoms. The van der Waals surface area contributed by atoms with E-state index in [1.165, 1.54) is 104 Å². The van der Waals surface area contributed by atoms with Gasteiger partial charge in [-0.3, -0.25) is 0 Å². The number of hydrogen-bond acceptors (Lipinski definition) is 2. The first-order valence-corrected chi connectivity index (χ1v) is 27.6. The van der Waals surface area contributed by atoms with E-state index in [9.17, 15) is 0 Å². The first kappa shape index (κ1) is 45.3. The maximum Gasteiger partial charge on any atom is 0.137 e. The highest BCUT2D eigenvalue weighted by Gasteiger charge is 2.25. The fourth-order valence-corrected chi connectivity index (χ4v) is 13.1. The number of rotatable bonds is 3. The van der Waals surface area contributed by atoms with Gasteiger partial charge in [0.25, 0.3) is 0 Å². The van der Waals surface area contributed by atoms with Gasteiger partial charge >= 0.3 is 0 Å². The third-order valence-corrected chi connectivity index (χ3v) is 16.6.